The number of primary amides is 1. The van der Waals surface area contributed by atoms with Crippen LogP contribution in [0.15, 0.2) is 48.5 Å². The van der Waals surface area contributed by atoms with E-state index in [1.54, 1.807) is 48.5 Å². The van der Waals surface area contributed by atoms with Crippen LogP contribution in [0.3, 0.4) is 0 Å². The molecule has 130 valence electrons. The Bertz CT molecular complexity index is 788. The van der Waals surface area contributed by atoms with Crippen LogP contribution < -0.4 is 21.1 Å². The van der Waals surface area contributed by atoms with Gasteiger partial charge in [-0.05, 0) is 62.5 Å². The van der Waals surface area contributed by atoms with E-state index < -0.39 is 5.91 Å². The van der Waals surface area contributed by atoms with E-state index in [1.165, 1.54) is 0 Å². The lowest BCUT2D eigenvalue weighted by Crippen LogP contribution is -2.34. The molecule has 25 heavy (non-hydrogen) atoms. The minimum atomic E-state index is -0.585. The third kappa shape index (κ3) is 5.29. The number of nitrogens with one attached hydrogen (secondary N) is 2. The molecule has 0 saturated carbocycles. The molecule has 0 radical (unpaired) electrons. The molecule has 0 aliphatic carbocycles. The van der Waals surface area contributed by atoms with Crippen molar-refractivity contribution in [2.45, 2.75) is 20.0 Å². The van der Waals surface area contributed by atoms with Crippen molar-refractivity contribution < 1.29 is 14.3 Å². The number of benzene rings is 2. The SMILES string of the molecule is CC(C)Oc1ccc(C(=O)NC(=S)Nc2ccccc2C(N)=O)cc1. The van der Waals surface area contributed by atoms with Crippen LogP contribution in [0.5, 0.6) is 5.75 Å². The second kappa shape index (κ2) is 8.25. The first-order valence-electron chi connectivity index (χ1n) is 7.64. The first-order valence-corrected chi connectivity index (χ1v) is 8.05. The van der Waals surface area contributed by atoms with Crippen molar-refractivity contribution in [3.8, 4) is 5.75 Å². The fraction of sp³-hybridized carbons (Fsp3) is 0.167. The number of carbonyl (C=O) groups excluding carboxylic acids is 2. The normalized spacial score (nSPS) is 10.2. The second-order valence-electron chi connectivity index (χ2n) is 5.51. The molecule has 0 saturated heterocycles. The molecule has 0 aliphatic rings. The van der Waals surface area contributed by atoms with E-state index in [0.29, 0.717) is 17.0 Å². The maximum absolute atomic E-state index is 12.2. The smallest absolute Gasteiger partial charge is 0.257 e. The van der Waals surface area contributed by atoms with Crippen LogP contribution in [-0.4, -0.2) is 23.0 Å². The Kier molecular flexibility index (Phi) is 6.08. The van der Waals surface area contributed by atoms with Gasteiger partial charge in [0.1, 0.15) is 5.75 Å². The number of amides is 2. The molecule has 2 rings (SSSR count). The van der Waals surface area contributed by atoms with Gasteiger partial charge < -0.3 is 15.8 Å². The highest BCUT2D eigenvalue weighted by Gasteiger charge is 2.11. The number of carbonyl (C=O) groups is 2. The highest BCUT2D eigenvalue weighted by Crippen LogP contribution is 2.15. The number of hydrogen-bond acceptors (Lipinski definition) is 4. The van der Waals surface area contributed by atoms with Crippen molar-refractivity contribution in [2.24, 2.45) is 5.73 Å². The molecule has 2 aromatic rings. The molecule has 4 N–H and O–H groups in total. The fourth-order valence-electron chi connectivity index (χ4n) is 2.09. The van der Waals surface area contributed by atoms with Gasteiger partial charge in [0, 0.05) is 5.56 Å². The zero-order valence-electron chi connectivity index (χ0n) is 13.9. The van der Waals surface area contributed by atoms with Crippen molar-refractivity contribution in [1.29, 1.82) is 0 Å². The van der Waals surface area contributed by atoms with Gasteiger partial charge >= 0.3 is 0 Å². The van der Waals surface area contributed by atoms with Crippen molar-refractivity contribution in [2.75, 3.05) is 5.32 Å². The van der Waals surface area contributed by atoms with Gasteiger partial charge in [-0.3, -0.25) is 14.9 Å². The molecular formula is C18H19N3O3S. The molecule has 0 aromatic heterocycles. The molecule has 6 nitrogen and oxygen atoms in total. The van der Waals surface area contributed by atoms with Crippen LogP contribution in [-0.2, 0) is 0 Å². The van der Waals surface area contributed by atoms with E-state index >= 15 is 0 Å². The summed E-state index contributed by atoms with van der Waals surface area (Å²) < 4.78 is 5.53. The Morgan fingerprint density at radius 1 is 1.08 bits per heavy atom. The average molecular weight is 357 g/mol. The maximum Gasteiger partial charge on any atom is 0.257 e. The molecule has 0 heterocycles. The molecular weight excluding hydrogens is 338 g/mol. The number of thiocarbonyl (C=S) groups is 1. The summed E-state index contributed by atoms with van der Waals surface area (Å²) in [6, 6.07) is 13.4. The number of rotatable bonds is 5. The summed E-state index contributed by atoms with van der Waals surface area (Å²) in [5, 5.41) is 5.43. The standard InChI is InChI=1S/C18H19N3O3S/c1-11(2)24-13-9-7-12(8-10-13)17(23)21-18(25)20-15-6-4-3-5-14(15)16(19)22/h3-11H,1-2H3,(H2,19,22)(H2,20,21,23,25). The van der Waals surface area contributed by atoms with Crippen molar-refractivity contribution in [3.63, 3.8) is 0 Å². The number of nitrogens with two attached hydrogens (primary N) is 1. The summed E-state index contributed by atoms with van der Waals surface area (Å²) in [6.45, 7) is 3.85. The second-order valence-corrected chi connectivity index (χ2v) is 5.92. The average Bonchev–Trinajstić information content (AvgIpc) is 2.55. The molecule has 0 bridgehead atoms. The number of anilines is 1. The molecule has 2 aromatic carbocycles. The minimum absolute atomic E-state index is 0.0572. The minimum Gasteiger partial charge on any atom is -0.491 e. The predicted octanol–water partition coefficient (Wildman–Crippen LogP) is 2.70. The summed E-state index contributed by atoms with van der Waals surface area (Å²) in [6.07, 6.45) is 0.0572. The summed E-state index contributed by atoms with van der Waals surface area (Å²) >= 11 is 5.12. The van der Waals surface area contributed by atoms with Crippen LogP contribution in [0.1, 0.15) is 34.6 Å². The van der Waals surface area contributed by atoms with Gasteiger partial charge in [-0.1, -0.05) is 12.1 Å². The molecule has 7 heteroatoms. The van der Waals surface area contributed by atoms with E-state index in [-0.39, 0.29) is 22.7 Å². The highest BCUT2D eigenvalue weighted by atomic mass is 32.1. The van der Waals surface area contributed by atoms with E-state index in [1.807, 2.05) is 13.8 Å². The molecule has 0 fully saturated rings. The molecule has 2 amide bonds. The lowest BCUT2D eigenvalue weighted by atomic mass is 10.1. The Balaban J connectivity index is 2.01. The van der Waals surface area contributed by atoms with Crippen LogP contribution in [0, 0.1) is 0 Å². The third-order valence-electron chi connectivity index (χ3n) is 3.16. The van der Waals surface area contributed by atoms with Gasteiger partial charge in [0.2, 0.25) is 0 Å². The Labute approximate surface area is 151 Å². The lowest BCUT2D eigenvalue weighted by Gasteiger charge is -2.12. The van der Waals surface area contributed by atoms with E-state index in [0.717, 1.165) is 0 Å². The quantitative estimate of drug-likeness (QED) is 0.716. The van der Waals surface area contributed by atoms with Crippen molar-refractivity contribution in [3.05, 3.63) is 59.7 Å². The van der Waals surface area contributed by atoms with Crippen LogP contribution in [0.2, 0.25) is 0 Å². The van der Waals surface area contributed by atoms with Gasteiger partial charge in [0.05, 0.1) is 17.4 Å². The summed E-state index contributed by atoms with van der Waals surface area (Å²) in [7, 11) is 0. The van der Waals surface area contributed by atoms with Gasteiger partial charge in [0.15, 0.2) is 5.11 Å². The monoisotopic (exact) mass is 357 g/mol. The zero-order valence-corrected chi connectivity index (χ0v) is 14.7. The van der Waals surface area contributed by atoms with E-state index in [4.69, 9.17) is 22.7 Å². The number of hydrogen-bond donors (Lipinski definition) is 3. The molecule has 0 spiro atoms. The topological polar surface area (TPSA) is 93.4 Å². The third-order valence-corrected chi connectivity index (χ3v) is 3.36. The van der Waals surface area contributed by atoms with E-state index in [9.17, 15) is 9.59 Å². The maximum atomic E-state index is 12.2. The largest absolute Gasteiger partial charge is 0.491 e. The first kappa shape index (κ1) is 18.4. The van der Waals surface area contributed by atoms with Gasteiger partial charge in [0.25, 0.3) is 11.8 Å². The first-order chi connectivity index (χ1) is 11.9. The van der Waals surface area contributed by atoms with E-state index in [2.05, 4.69) is 10.6 Å². The van der Waals surface area contributed by atoms with Crippen molar-refractivity contribution >= 4 is 34.8 Å². The van der Waals surface area contributed by atoms with Crippen LogP contribution in [0.4, 0.5) is 5.69 Å². The summed E-state index contributed by atoms with van der Waals surface area (Å²) in [4.78, 5) is 23.6. The van der Waals surface area contributed by atoms with Gasteiger partial charge in [-0.2, -0.15) is 0 Å². The molecule has 0 atom stereocenters. The Morgan fingerprint density at radius 2 is 1.72 bits per heavy atom. The van der Waals surface area contributed by atoms with Gasteiger partial charge in [-0.15, -0.1) is 0 Å². The summed E-state index contributed by atoms with van der Waals surface area (Å²) in [5.74, 6) is -0.272. The molecule has 0 aliphatic heterocycles. The van der Waals surface area contributed by atoms with Crippen LogP contribution in [0.25, 0.3) is 0 Å². The Morgan fingerprint density at radius 3 is 2.32 bits per heavy atom. The number of ether oxygens (including phenoxy) is 1. The fourth-order valence-corrected chi connectivity index (χ4v) is 2.30. The van der Waals surface area contributed by atoms with Crippen molar-refractivity contribution in [1.82, 2.24) is 5.32 Å². The van der Waals surface area contributed by atoms with Gasteiger partial charge in [-0.25, -0.2) is 0 Å². The summed E-state index contributed by atoms with van der Waals surface area (Å²) in [5.41, 5.74) is 6.46. The zero-order chi connectivity index (χ0) is 18.4. The lowest BCUT2D eigenvalue weighted by molar-refractivity contribution is 0.0975. The number of para-hydroxylation sites is 1. The highest BCUT2D eigenvalue weighted by molar-refractivity contribution is 7.80. The Hall–Kier alpha value is -2.93. The predicted molar refractivity (Wildman–Crippen MR) is 101 cm³/mol. The van der Waals surface area contributed by atoms with Crippen LogP contribution >= 0.6 is 12.2 Å². The molecule has 0 unspecified atom stereocenters.